The summed E-state index contributed by atoms with van der Waals surface area (Å²) in [5.74, 6) is -0.197. The fraction of sp³-hybridized carbons (Fsp3) is 0.417. The van der Waals surface area contributed by atoms with Gasteiger partial charge in [-0.15, -0.1) is 0 Å². The Morgan fingerprint density at radius 3 is 2.88 bits per heavy atom. The number of esters is 1. The second-order valence-corrected chi connectivity index (χ2v) is 4.97. The lowest BCUT2D eigenvalue weighted by atomic mass is 10.2. The summed E-state index contributed by atoms with van der Waals surface area (Å²) in [7, 11) is 0. The van der Waals surface area contributed by atoms with Gasteiger partial charge < -0.3 is 10.1 Å². The molecule has 1 rings (SSSR count). The van der Waals surface area contributed by atoms with E-state index in [1.54, 1.807) is 19.1 Å². The first-order chi connectivity index (χ1) is 8.02. The molecule has 0 aromatic heterocycles. The van der Waals surface area contributed by atoms with Gasteiger partial charge in [-0.25, -0.2) is 0 Å². The first-order valence-electron chi connectivity index (χ1n) is 5.40. The molecule has 5 heteroatoms. The smallest absolute Gasteiger partial charge is 0.307 e. The van der Waals surface area contributed by atoms with Gasteiger partial charge in [0.1, 0.15) is 0 Å². The summed E-state index contributed by atoms with van der Waals surface area (Å²) in [5.41, 5.74) is 0.909. The third-order valence-electron chi connectivity index (χ3n) is 2.11. The van der Waals surface area contributed by atoms with Crippen molar-refractivity contribution in [3.8, 4) is 0 Å². The predicted molar refractivity (Wildman–Crippen MR) is 73.5 cm³/mol. The van der Waals surface area contributed by atoms with E-state index in [1.165, 1.54) is 0 Å². The molecule has 17 heavy (non-hydrogen) atoms. The van der Waals surface area contributed by atoms with Crippen molar-refractivity contribution in [3.05, 3.63) is 27.7 Å². The van der Waals surface area contributed by atoms with Crippen molar-refractivity contribution >= 4 is 39.2 Å². The van der Waals surface area contributed by atoms with E-state index < -0.39 is 0 Å². The molecule has 1 atom stereocenters. The highest BCUT2D eigenvalue weighted by Crippen LogP contribution is 2.26. The molecule has 0 heterocycles. The van der Waals surface area contributed by atoms with Gasteiger partial charge in [-0.2, -0.15) is 0 Å². The quantitative estimate of drug-likeness (QED) is 0.837. The molecule has 1 aromatic rings. The monoisotopic (exact) mass is 319 g/mol. The second kappa shape index (κ2) is 6.87. The maximum atomic E-state index is 11.3. The first kappa shape index (κ1) is 14.3. The number of hydrogen-bond acceptors (Lipinski definition) is 3. The lowest BCUT2D eigenvalue weighted by Crippen LogP contribution is -2.21. The molecule has 0 saturated carbocycles. The van der Waals surface area contributed by atoms with Crippen LogP contribution in [0.5, 0.6) is 0 Å². The Balaban J connectivity index is 2.55. The van der Waals surface area contributed by atoms with Gasteiger partial charge in [0, 0.05) is 21.2 Å². The summed E-state index contributed by atoms with van der Waals surface area (Å²) < 4.78 is 5.76. The number of hydrogen-bond donors (Lipinski definition) is 1. The molecule has 0 aliphatic carbocycles. The molecule has 3 nitrogen and oxygen atoms in total. The average Bonchev–Trinajstić information content (AvgIpc) is 2.22. The highest BCUT2D eigenvalue weighted by Gasteiger charge is 2.11. The zero-order valence-corrected chi connectivity index (χ0v) is 12.1. The number of benzene rings is 1. The van der Waals surface area contributed by atoms with Gasteiger partial charge in [0.25, 0.3) is 0 Å². The van der Waals surface area contributed by atoms with E-state index in [0.717, 1.165) is 10.2 Å². The number of nitrogens with one attached hydrogen (secondary N) is 1. The molecule has 0 aliphatic heterocycles. The molecule has 0 saturated heterocycles. The number of carbonyl (C=O) groups excluding carboxylic acids is 1. The number of ether oxygens (including phenoxy) is 1. The SMILES string of the molecule is CCOC(=O)CC(C)Nc1ccc(Cl)cc1Br. The van der Waals surface area contributed by atoms with E-state index in [1.807, 2.05) is 13.0 Å². The topological polar surface area (TPSA) is 38.3 Å². The van der Waals surface area contributed by atoms with Crippen LogP contribution in [0, 0.1) is 0 Å². The molecular weight excluding hydrogens is 305 g/mol. The molecule has 0 fully saturated rings. The van der Waals surface area contributed by atoms with Crippen molar-refractivity contribution < 1.29 is 9.53 Å². The van der Waals surface area contributed by atoms with Crippen molar-refractivity contribution in [2.45, 2.75) is 26.3 Å². The highest BCUT2D eigenvalue weighted by molar-refractivity contribution is 9.10. The standard InChI is InChI=1S/C12H15BrClNO2/c1-3-17-12(16)6-8(2)15-11-5-4-9(14)7-10(11)13/h4-5,7-8,15H,3,6H2,1-2H3. The van der Waals surface area contributed by atoms with Crippen LogP contribution in [-0.4, -0.2) is 18.6 Å². The summed E-state index contributed by atoms with van der Waals surface area (Å²) >= 11 is 9.26. The number of rotatable bonds is 5. The molecular formula is C12H15BrClNO2. The molecule has 0 amide bonds. The molecule has 94 valence electrons. The van der Waals surface area contributed by atoms with Crippen LogP contribution in [0.4, 0.5) is 5.69 Å². The Kier molecular flexibility index (Phi) is 5.78. The zero-order valence-electron chi connectivity index (χ0n) is 9.80. The maximum Gasteiger partial charge on any atom is 0.307 e. The summed E-state index contributed by atoms with van der Waals surface area (Å²) in [4.78, 5) is 11.3. The Hall–Kier alpha value is -0.740. The maximum absolute atomic E-state index is 11.3. The van der Waals surface area contributed by atoms with Gasteiger partial charge in [-0.3, -0.25) is 4.79 Å². The van der Waals surface area contributed by atoms with Crippen molar-refractivity contribution in [1.29, 1.82) is 0 Å². The van der Waals surface area contributed by atoms with Gasteiger partial charge >= 0.3 is 5.97 Å². The van der Waals surface area contributed by atoms with Crippen LogP contribution in [0.2, 0.25) is 5.02 Å². The van der Waals surface area contributed by atoms with Crippen LogP contribution in [0.15, 0.2) is 22.7 Å². The van der Waals surface area contributed by atoms with E-state index in [0.29, 0.717) is 18.1 Å². The minimum absolute atomic E-state index is 0.00604. The van der Waals surface area contributed by atoms with E-state index in [9.17, 15) is 4.79 Å². The summed E-state index contributed by atoms with van der Waals surface area (Å²) in [6.07, 6.45) is 0.336. The largest absolute Gasteiger partial charge is 0.466 e. The number of halogens is 2. The number of carbonyl (C=O) groups is 1. The zero-order chi connectivity index (χ0) is 12.8. The summed E-state index contributed by atoms with van der Waals surface area (Å²) in [6.45, 7) is 4.14. The van der Waals surface area contributed by atoms with Gasteiger partial charge in [-0.1, -0.05) is 11.6 Å². The molecule has 1 N–H and O–H groups in total. The first-order valence-corrected chi connectivity index (χ1v) is 6.57. The lowest BCUT2D eigenvalue weighted by Gasteiger charge is -2.15. The van der Waals surface area contributed by atoms with Crippen LogP contribution in [-0.2, 0) is 9.53 Å². The second-order valence-electron chi connectivity index (χ2n) is 3.68. The van der Waals surface area contributed by atoms with Crippen LogP contribution < -0.4 is 5.32 Å². The molecule has 0 radical (unpaired) electrons. The minimum Gasteiger partial charge on any atom is -0.466 e. The summed E-state index contributed by atoms with van der Waals surface area (Å²) in [6, 6.07) is 5.48. The van der Waals surface area contributed by atoms with Gasteiger partial charge in [0.05, 0.1) is 13.0 Å². The molecule has 1 aromatic carbocycles. The molecule has 0 aliphatic rings. The third kappa shape index (κ3) is 4.96. The highest BCUT2D eigenvalue weighted by atomic mass is 79.9. The Morgan fingerprint density at radius 2 is 2.29 bits per heavy atom. The molecule has 0 bridgehead atoms. The van der Waals surface area contributed by atoms with E-state index in [2.05, 4.69) is 21.2 Å². The van der Waals surface area contributed by atoms with E-state index in [4.69, 9.17) is 16.3 Å². The van der Waals surface area contributed by atoms with E-state index in [-0.39, 0.29) is 12.0 Å². The molecule has 0 spiro atoms. The van der Waals surface area contributed by atoms with Gasteiger partial charge in [0.15, 0.2) is 0 Å². The summed E-state index contributed by atoms with van der Waals surface area (Å²) in [5, 5.41) is 3.89. The minimum atomic E-state index is -0.197. The third-order valence-corrected chi connectivity index (χ3v) is 3.00. The lowest BCUT2D eigenvalue weighted by molar-refractivity contribution is -0.143. The van der Waals surface area contributed by atoms with Crippen molar-refractivity contribution in [3.63, 3.8) is 0 Å². The van der Waals surface area contributed by atoms with Crippen molar-refractivity contribution in [2.75, 3.05) is 11.9 Å². The fourth-order valence-corrected chi connectivity index (χ4v) is 2.19. The van der Waals surface area contributed by atoms with E-state index >= 15 is 0 Å². The molecule has 1 unspecified atom stereocenters. The Morgan fingerprint density at radius 1 is 1.59 bits per heavy atom. The van der Waals surface area contributed by atoms with Crippen LogP contribution in [0.1, 0.15) is 20.3 Å². The normalized spacial score (nSPS) is 12.0. The Labute approximate surface area is 115 Å². The van der Waals surface area contributed by atoms with Crippen molar-refractivity contribution in [2.24, 2.45) is 0 Å². The van der Waals surface area contributed by atoms with Crippen molar-refractivity contribution in [1.82, 2.24) is 0 Å². The van der Waals surface area contributed by atoms with Crippen LogP contribution in [0.25, 0.3) is 0 Å². The van der Waals surface area contributed by atoms with Gasteiger partial charge in [-0.05, 0) is 48.0 Å². The van der Waals surface area contributed by atoms with Crippen LogP contribution >= 0.6 is 27.5 Å². The fourth-order valence-electron chi connectivity index (χ4n) is 1.39. The van der Waals surface area contributed by atoms with Crippen LogP contribution in [0.3, 0.4) is 0 Å². The van der Waals surface area contributed by atoms with Gasteiger partial charge in [0.2, 0.25) is 0 Å². The number of anilines is 1. The average molecular weight is 321 g/mol. The Bertz CT molecular complexity index is 398. The predicted octanol–water partition coefficient (Wildman–Crippen LogP) is 3.86.